The minimum atomic E-state index is -0.472. The molecule has 0 radical (unpaired) electrons. The van der Waals surface area contributed by atoms with E-state index in [1.54, 1.807) is 12.1 Å². The number of anilines is 2. The summed E-state index contributed by atoms with van der Waals surface area (Å²) >= 11 is 0.840. The molecule has 0 atom stereocenters. The maximum Gasteiger partial charge on any atom is 0.294 e. The van der Waals surface area contributed by atoms with Crippen LogP contribution in [0.1, 0.15) is 11.3 Å². The summed E-state index contributed by atoms with van der Waals surface area (Å²) in [6.07, 6.45) is 3.58. The highest BCUT2D eigenvalue weighted by Gasteiger charge is 2.36. The molecule has 1 fully saturated rings. The van der Waals surface area contributed by atoms with Gasteiger partial charge in [-0.2, -0.15) is 0 Å². The lowest BCUT2D eigenvalue weighted by Crippen LogP contribution is -2.36. The Labute approximate surface area is 196 Å². The number of amides is 3. The molecule has 1 saturated heterocycles. The van der Waals surface area contributed by atoms with E-state index in [4.69, 9.17) is 0 Å². The van der Waals surface area contributed by atoms with E-state index in [9.17, 15) is 14.4 Å². The lowest BCUT2D eigenvalue weighted by molar-refractivity contribution is -0.127. The molecule has 3 amide bonds. The number of rotatable bonds is 6. The van der Waals surface area contributed by atoms with Crippen LogP contribution in [0.15, 0.2) is 71.8 Å². The zero-order chi connectivity index (χ0) is 23.5. The molecular formula is C25H24N4O3S. The normalized spacial score (nSPS) is 14.8. The molecule has 0 spiro atoms. The van der Waals surface area contributed by atoms with Crippen molar-refractivity contribution < 1.29 is 14.4 Å². The standard InChI is InChI=1S/C25H24N4O3S/c1-17-7-4-5-9-21(17)26-23(30)16-29-24(31)22(33-25(29)32)15-20-8-6-14-28(20)19-12-10-18(11-13-19)27(2)3/h4-15H,16H2,1-3H3,(H,26,30)/b22-15-. The third kappa shape index (κ3) is 4.85. The van der Waals surface area contributed by atoms with Gasteiger partial charge in [0.15, 0.2) is 0 Å². The fourth-order valence-corrected chi connectivity index (χ4v) is 4.30. The van der Waals surface area contributed by atoms with Gasteiger partial charge in [-0.1, -0.05) is 18.2 Å². The van der Waals surface area contributed by atoms with E-state index in [1.165, 1.54) is 0 Å². The van der Waals surface area contributed by atoms with Gasteiger partial charge in [-0.05, 0) is 72.8 Å². The fraction of sp³-hybridized carbons (Fsp3) is 0.160. The third-order valence-corrected chi connectivity index (χ3v) is 6.21. The average Bonchev–Trinajstić information content (AvgIpc) is 3.35. The van der Waals surface area contributed by atoms with Crippen molar-refractivity contribution in [3.05, 3.63) is 83.0 Å². The molecule has 168 valence electrons. The fourth-order valence-electron chi connectivity index (χ4n) is 3.48. The van der Waals surface area contributed by atoms with Crippen LogP contribution in [-0.4, -0.2) is 47.2 Å². The van der Waals surface area contributed by atoms with Gasteiger partial charge in [0.2, 0.25) is 5.91 Å². The maximum atomic E-state index is 12.9. The third-order valence-electron chi connectivity index (χ3n) is 5.30. The summed E-state index contributed by atoms with van der Waals surface area (Å²) in [6, 6.07) is 19.1. The van der Waals surface area contributed by atoms with Gasteiger partial charge in [-0.15, -0.1) is 0 Å². The van der Waals surface area contributed by atoms with E-state index in [1.807, 2.05) is 91.3 Å². The highest BCUT2D eigenvalue weighted by atomic mass is 32.2. The quantitative estimate of drug-likeness (QED) is 0.547. The zero-order valence-corrected chi connectivity index (χ0v) is 19.4. The highest BCUT2D eigenvalue weighted by Crippen LogP contribution is 2.32. The largest absolute Gasteiger partial charge is 0.378 e. The molecule has 8 heteroatoms. The van der Waals surface area contributed by atoms with Crippen molar-refractivity contribution in [3.63, 3.8) is 0 Å². The molecule has 2 heterocycles. The summed E-state index contributed by atoms with van der Waals surface area (Å²) in [5.74, 6) is -0.891. The van der Waals surface area contributed by atoms with Gasteiger partial charge in [-0.25, -0.2) is 0 Å². The molecule has 1 aliphatic rings. The molecule has 0 unspecified atom stereocenters. The summed E-state index contributed by atoms with van der Waals surface area (Å²) in [5.41, 5.74) is 4.34. The molecule has 4 rings (SSSR count). The Balaban J connectivity index is 1.50. The van der Waals surface area contributed by atoms with E-state index < -0.39 is 17.1 Å². The first-order valence-electron chi connectivity index (χ1n) is 10.4. The number of para-hydroxylation sites is 1. The van der Waals surface area contributed by atoms with Crippen LogP contribution in [0.2, 0.25) is 0 Å². The molecule has 7 nitrogen and oxygen atoms in total. The smallest absolute Gasteiger partial charge is 0.294 e. The van der Waals surface area contributed by atoms with Crippen molar-refractivity contribution in [2.45, 2.75) is 6.92 Å². The molecule has 1 aromatic heterocycles. The first-order chi connectivity index (χ1) is 15.8. The lowest BCUT2D eigenvalue weighted by atomic mass is 10.2. The minimum absolute atomic E-state index is 0.286. The maximum absolute atomic E-state index is 12.9. The summed E-state index contributed by atoms with van der Waals surface area (Å²) in [4.78, 5) is 41.1. The van der Waals surface area contributed by atoms with Gasteiger partial charge in [0.05, 0.1) is 4.91 Å². The number of benzene rings is 2. The number of carbonyl (C=O) groups is 3. The SMILES string of the molecule is Cc1ccccc1NC(=O)CN1C(=O)S/C(=C\c2cccn2-c2ccc(N(C)C)cc2)C1=O. The second-order valence-corrected chi connectivity index (χ2v) is 8.84. The Bertz CT molecular complexity index is 1240. The number of nitrogens with zero attached hydrogens (tertiary/aromatic N) is 3. The summed E-state index contributed by atoms with van der Waals surface area (Å²) in [5, 5.41) is 2.30. The molecular weight excluding hydrogens is 436 g/mol. The van der Waals surface area contributed by atoms with Crippen LogP contribution in [0, 0.1) is 6.92 Å². The van der Waals surface area contributed by atoms with Gasteiger partial charge >= 0.3 is 0 Å². The van der Waals surface area contributed by atoms with Crippen molar-refractivity contribution in [1.82, 2.24) is 9.47 Å². The number of carbonyl (C=O) groups excluding carboxylic acids is 3. The van der Waals surface area contributed by atoms with E-state index >= 15 is 0 Å². The Morgan fingerprint density at radius 1 is 1.03 bits per heavy atom. The van der Waals surface area contributed by atoms with Crippen LogP contribution in [0.5, 0.6) is 0 Å². The zero-order valence-electron chi connectivity index (χ0n) is 18.6. The van der Waals surface area contributed by atoms with Crippen molar-refractivity contribution in [3.8, 4) is 5.69 Å². The number of nitrogens with one attached hydrogen (secondary N) is 1. The Hall–Kier alpha value is -3.78. The predicted octanol–water partition coefficient (Wildman–Crippen LogP) is 4.53. The summed E-state index contributed by atoms with van der Waals surface area (Å²) < 4.78 is 1.94. The van der Waals surface area contributed by atoms with Crippen LogP contribution >= 0.6 is 11.8 Å². The van der Waals surface area contributed by atoms with Gasteiger partial charge in [-0.3, -0.25) is 19.3 Å². The van der Waals surface area contributed by atoms with Crippen LogP contribution in [-0.2, 0) is 9.59 Å². The second-order valence-electron chi connectivity index (χ2n) is 7.84. The molecule has 2 aromatic carbocycles. The monoisotopic (exact) mass is 460 g/mol. The van der Waals surface area contributed by atoms with Gasteiger partial charge < -0.3 is 14.8 Å². The van der Waals surface area contributed by atoms with Crippen LogP contribution in [0.4, 0.5) is 16.2 Å². The van der Waals surface area contributed by atoms with E-state index in [0.29, 0.717) is 5.69 Å². The minimum Gasteiger partial charge on any atom is -0.378 e. The summed E-state index contributed by atoms with van der Waals surface area (Å²) in [6.45, 7) is 1.55. The van der Waals surface area contributed by atoms with E-state index in [2.05, 4.69) is 5.32 Å². The van der Waals surface area contributed by atoms with E-state index in [0.717, 1.165) is 39.3 Å². The highest BCUT2D eigenvalue weighted by molar-refractivity contribution is 8.18. The number of thioether (sulfide) groups is 1. The van der Waals surface area contributed by atoms with Crippen LogP contribution in [0.25, 0.3) is 11.8 Å². The molecule has 3 aromatic rings. The van der Waals surface area contributed by atoms with Gasteiger partial charge in [0.1, 0.15) is 6.54 Å². The van der Waals surface area contributed by atoms with Crippen molar-refractivity contribution >= 4 is 46.3 Å². The first-order valence-corrected chi connectivity index (χ1v) is 11.2. The van der Waals surface area contributed by atoms with Gasteiger partial charge in [0.25, 0.3) is 11.1 Å². The Kier molecular flexibility index (Phi) is 6.37. The molecule has 0 saturated carbocycles. The average molecular weight is 461 g/mol. The van der Waals surface area contributed by atoms with Crippen molar-refractivity contribution in [2.24, 2.45) is 0 Å². The topological polar surface area (TPSA) is 74.7 Å². The Morgan fingerprint density at radius 2 is 1.76 bits per heavy atom. The number of hydrogen-bond acceptors (Lipinski definition) is 5. The molecule has 1 N–H and O–H groups in total. The number of imide groups is 1. The second kappa shape index (κ2) is 9.38. The number of hydrogen-bond donors (Lipinski definition) is 1. The predicted molar refractivity (Wildman–Crippen MR) is 133 cm³/mol. The van der Waals surface area contributed by atoms with Crippen molar-refractivity contribution in [1.29, 1.82) is 0 Å². The molecule has 33 heavy (non-hydrogen) atoms. The molecule has 1 aliphatic heterocycles. The van der Waals surface area contributed by atoms with Crippen LogP contribution < -0.4 is 10.2 Å². The first kappa shape index (κ1) is 22.4. The lowest BCUT2D eigenvalue weighted by Gasteiger charge is -2.14. The number of aryl methyl sites for hydroxylation is 1. The molecule has 0 aliphatic carbocycles. The Morgan fingerprint density at radius 3 is 2.45 bits per heavy atom. The summed E-state index contributed by atoms with van der Waals surface area (Å²) in [7, 11) is 3.96. The van der Waals surface area contributed by atoms with Gasteiger partial charge in [0, 0.05) is 43.0 Å². The van der Waals surface area contributed by atoms with E-state index in [-0.39, 0.29) is 11.4 Å². The molecule has 0 bridgehead atoms. The number of aromatic nitrogens is 1. The van der Waals surface area contributed by atoms with Crippen LogP contribution in [0.3, 0.4) is 0 Å². The van der Waals surface area contributed by atoms with Crippen molar-refractivity contribution in [2.75, 3.05) is 30.9 Å².